The van der Waals surface area contributed by atoms with Crippen LogP contribution in [0.4, 0.5) is 4.39 Å². The van der Waals surface area contributed by atoms with Crippen LogP contribution in [0.1, 0.15) is 11.7 Å². The van der Waals surface area contributed by atoms with Crippen molar-refractivity contribution in [3.05, 3.63) is 63.6 Å². The van der Waals surface area contributed by atoms with Gasteiger partial charge in [0.1, 0.15) is 5.82 Å². The molecule has 0 fully saturated rings. The fraction of sp³-hybridized carbons (Fsp3) is 0.133. The third kappa shape index (κ3) is 2.69. The second-order valence-corrected chi connectivity index (χ2v) is 5.90. The number of imidazole rings is 1. The van der Waals surface area contributed by atoms with Crippen molar-refractivity contribution in [2.24, 2.45) is 0 Å². The van der Waals surface area contributed by atoms with Gasteiger partial charge in [0, 0.05) is 10.0 Å². The standard InChI is InChI=1S/C15H11BrClFN2O/c16-10-6-5-9(15(18)14(10)17)13(21)7-20-8-19-11-3-1-2-4-12(11)20/h1-6,8,13,21H,7H2. The highest BCUT2D eigenvalue weighted by atomic mass is 79.9. The molecule has 0 saturated carbocycles. The number of rotatable bonds is 3. The summed E-state index contributed by atoms with van der Waals surface area (Å²) in [5.74, 6) is -0.608. The van der Waals surface area contributed by atoms with Crippen LogP contribution in [0.25, 0.3) is 11.0 Å². The van der Waals surface area contributed by atoms with Crippen molar-refractivity contribution < 1.29 is 9.50 Å². The second kappa shape index (κ2) is 5.75. The van der Waals surface area contributed by atoms with Gasteiger partial charge in [0.25, 0.3) is 0 Å². The Bertz CT molecular complexity index is 805. The Kier molecular flexibility index (Phi) is 3.97. The van der Waals surface area contributed by atoms with E-state index in [0.29, 0.717) is 4.47 Å². The molecule has 0 aliphatic rings. The Balaban J connectivity index is 1.93. The maximum atomic E-state index is 14.1. The minimum Gasteiger partial charge on any atom is -0.386 e. The van der Waals surface area contributed by atoms with Gasteiger partial charge in [-0.1, -0.05) is 29.8 Å². The number of nitrogens with zero attached hydrogens (tertiary/aromatic N) is 2. The monoisotopic (exact) mass is 368 g/mol. The first-order valence-electron chi connectivity index (χ1n) is 6.29. The van der Waals surface area contributed by atoms with Gasteiger partial charge in [0.15, 0.2) is 0 Å². The molecular formula is C15H11BrClFN2O. The van der Waals surface area contributed by atoms with Crippen molar-refractivity contribution in [1.82, 2.24) is 9.55 Å². The molecule has 0 radical (unpaired) electrons. The molecule has 1 N–H and O–H groups in total. The summed E-state index contributed by atoms with van der Waals surface area (Å²) in [7, 11) is 0. The second-order valence-electron chi connectivity index (χ2n) is 4.67. The minimum absolute atomic E-state index is 0.0259. The third-order valence-electron chi connectivity index (χ3n) is 3.32. The molecule has 1 unspecified atom stereocenters. The van der Waals surface area contributed by atoms with E-state index in [1.165, 1.54) is 6.07 Å². The van der Waals surface area contributed by atoms with E-state index in [-0.39, 0.29) is 17.1 Å². The van der Waals surface area contributed by atoms with Gasteiger partial charge in [-0.05, 0) is 34.1 Å². The first-order chi connectivity index (χ1) is 10.1. The number of aliphatic hydroxyl groups is 1. The Hall–Kier alpha value is -1.43. The molecule has 1 heterocycles. The zero-order valence-electron chi connectivity index (χ0n) is 10.8. The maximum absolute atomic E-state index is 14.1. The Morgan fingerprint density at radius 2 is 2.05 bits per heavy atom. The molecule has 3 nitrogen and oxygen atoms in total. The lowest BCUT2D eigenvalue weighted by Gasteiger charge is -2.14. The van der Waals surface area contributed by atoms with Crippen LogP contribution in [0, 0.1) is 5.82 Å². The van der Waals surface area contributed by atoms with E-state index >= 15 is 0 Å². The predicted molar refractivity (Wildman–Crippen MR) is 83.8 cm³/mol. The molecular weight excluding hydrogens is 359 g/mol. The van der Waals surface area contributed by atoms with Crippen LogP contribution >= 0.6 is 27.5 Å². The highest BCUT2D eigenvalue weighted by Gasteiger charge is 2.18. The van der Waals surface area contributed by atoms with E-state index in [1.54, 1.807) is 17.0 Å². The van der Waals surface area contributed by atoms with E-state index in [0.717, 1.165) is 11.0 Å². The van der Waals surface area contributed by atoms with Gasteiger partial charge in [-0.25, -0.2) is 9.37 Å². The lowest BCUT2D eigenvalue weighted by Crippen LogP contribution is -2.10. The molecule has 1 aromatic heterocycles. The molecule has 2 aromatic carbocycles. The van der Waals surface area contributed by atoms with Gasteiger partial charge in [-0.3, -0.25) is 0 Å². The topological polar surface area (TPSA) is 38.0 Å². The van der Waals surface area contributed by atoms with E-state index < -0.39 is 11.9 Å². The Morgan fingerprint density at radius 1 is 1.29 bits per heavy atom. The van der Waals surface area contributed by atoms with Crippen molar-refractivity contribution in [2.45, 2.75) is 12.6 Å². The summed E-state index contributed by atoms with van der Waals surface area (Å²) in [5, 5.41) is 10.3. The predicted octanol–water partition coefficient (Wildman–Crippen LogP) is 4.32. The van der Waals surface area contributed by atoms with E-state index in [1.807, 2.05) is 24.3 Å². The summed E-state index contributed by atoms with van der Waals surface area (Å²) in [6.07, 6.45) is 0.625. The highest BCUT2D eigenvalue weighted by Crippen LogP contribution is 2.31. The number of aliphatic hydroxyl groups excluding tert-OH is 1. The first-order valence-corrected chi connectivity index (χ1v) is 7.46. The lowest BCUT2D eigenvalue weighted by atomic mass is 10.1. The van der Waals surface area contributed by atoms with Crippen molar-refractivity contribution in [2.75, 3.05) is 0 Å². The van der Waals surface area contributed by atoms with Crippen LogP contribution in [0.2, 0.25) is 5.02 Å². The van der Waals surface area contributed by atoms with Gasteiger partial charge in [-0.2, -0.15) is 0 Å². The minimum atomic E-state index is -1.01. The lowest BCUT2D eigenvalue weighted by molar-refractivity contribution is 0.153. The zero-order valence-corrected chi connectivity index (χ0v) is 13.1. The molecule has 0 aliphatic carbocycles. The summed E-state index contributed by atoms with van der Waals surface area (Å²) in [4.78, 5) is 4.24. The largest absolute Gasteiger partial charge is 0.386 e. The highest BCUT2D eigenvalue weighted by molar-refractivity contribution is 9.10. The molecule has 0 spiro atoms. The molecule has 0 saturated heterocycles. The molecule has 3 aromatic rings. The third-order valence-corrected chi connectivity index (χ3v) is 4.58. The van der Waals surface area contributed by atoms with Gasteiger partial charge >= 0.3 is 0 Å². The maximum Gasteiger partial charge on any atom is 0.148 e. The number of fused-ring (bicyclic) bond motifs is 1. The van der Waals surface area contributed by atoms with Crippen LogP contribution < -0.4 is 0 Å². The number of hydrogen-bond donors (Lipinski definition) is 1. The molecule has 0 bridgehead atoms. The average molecular weight is 370 g/mol. The number of para-hydroxylation sites is 2. The molecule has 3 rings (SSSR count). The van der Waals surface area contributed by atoms with E-state index in [2.05, 4.69) is 20.9 Å². The van der Waals surface area contributed by atoms with Gasteiger partial charge in [-0.15, -0.1) is 0 Å². The van der Waals surface area contributed by atoms with Crippen molar-refractivity contribution in [3.63, 3.8) is 0 Å². The number of halogens is 3. The first kappa shape index (κ1) is 14.5. The average Bonchev–Trinajstić information content (AvgIpc) is 2.88. The van der Waals surface area contributed by atoms with Crippen LogP contribution in [0.3, 0.4) is 0 Å². The van der Waals surface area contributed by atoms with Crippen LogP contribution in [0.15, 0.2) is 47.2 Å². The molecule has 21 heavy (non-hydrogen) atoms. The van der Waals surface area contributed by atoms with Crippen molar-refractivity contribution in [3.8, 4) is 0 Å². The van der Waals surface area contributed by atoms with Crippen LogP contribution in [-0.2, 0) is 6.54 Å². The summed E-state index contributed by atoms with van der Waals surface area (Å²) in [6, 6.07) is 10.7. The van der Waals surface area contributed by atoms with Gasteiger partial charge in [0.2, 0.25) is 0 Å². The quantitative estimate of drug-likeness (QED) is 0.698. The van der Waals surface area contributed by atoms with Gasteiger partial charge in [0.05, 0.1) is 35.0 Å². The van der Waals surface area contributed by atoms with Crippen molar-refractivity contribution >= 4 is 38.6 Å². The molecule has 0 aliphatic heterocycles. The normalized spacial score (nSPS) is 12.8. The number of hydrogen-bond acceptors (Lipinski definition) is 2. The fourth-order valence-electron chi connectivity index (χ4n) is 2.24. The van der Waals surface area contributed by atoms with Crippen LogP contribution in [0.5, 0.6) is 0 Å². The van der Waals surface area contributed by atoms with Gasteiger partial charge < -0.3 is 9.67 Å². The molecule has 108 valence electrons. The van der Waals surface area contributed by atoms with Crippen molar-refractivity contribution in [1.29, 1.82) is 0 Å². The summed E-state index contributed by atoms with van der Waals surface area (Å²) in [5.41, 5.74) is 1.89. The summed E-state index contributed by atoms with van der Waals surface area (Å²) >= 11 is 9.01. The Labute approximate surface area is 134 Å². The summed E-state index contributed by atoms with van der Waals surface area (Å²) in [6.45, 7) is 0.204. The molecule has 6 heteroatoms. The number of benzene rings is 2. The number of aromatic nitrogens is 2. The SMILES string of the molecule is OC(Cn1cnc2ccccc21)c1ccc(Br)c(Cl)c1F. The summed E-state index contributed by atoms with van der Waals surface area (Å²) < 4.78 is 16.4. The molecule has 1 atom stereocenters. The van der Waals surface area contributed by atoms with E-state index in [9.17, 15) is 9.50 Å². The van der Waals surface area contributed by atoms with Crippen LogP contribution in [-0.4, -0.2) is 14.7 Å². The zero-order chi connectivity index (χ0) is 15.0. The Morgan fingerprint density at radius 3 is 2.86 bits per heavy atom. The molecule has 0 amide bonds. The smallest absolute Gasteiger partial charge is 0.148 e. The fourth-order valence-corrected chi connectivity index (χ4v) is 2.72. The van der Waals surface area contributed by atoms with E-state index in [4.69, 9.17) is 11.6 Å².